The second-order valence-corrected chi connectivity index (χ2v) is 6.33. The van der Waals surface area contributed by atoms with E-state index in [0.717, 1.165) is 6.54 Å². The molecule has 0 atom stereocenters. The van der Waals surface area contributed by atoms with Gasteiger partial charge in [0.1, 0.15) is 6.54 Å². The molecule has 3 rings (SSSR count). The Labute approximate surface area is 126 Å². The molecule has 1 heterocycles. The minimum atomic E-state index is 1.12. The predicted octanol–water partition coefficient (Wildman–Crippen LogP) is 5.83. The van der Waals surface area contributed by atoms with Crippen molar-refractivity contribution < 1.29 is 0 Å². The summed E-state index contributed by atoms with van der Waals surface area (Å²) in [5.41, 5.74) is 2.74. The van der Waals surface area contributed by atoms with E-state index in [1.807, 2.05) is 11.8 Å². The summed E-state index contributed by atoms with van der Waals surface area (Å²) in [5.74, 6) is 0. The molecule has 0 amide bonds. The number of fused-ring (bicyclic) bond motifs is 2. The van der Waals surface area contributed by atoms with Gasteiger partial charge in [-0.1, -0.05) is 60.7 Å². The maximum Gasteiger partial charge on any atom is 0.200 e. The van der Waals surface area contributed by atoms with Gasteiger partial charge in [0.05, 0.1) is 9.79 Å². The maximum atomic E-state index is 2.50. The van der Waals surface area contributed by atoms with E-state index in [0.29, 0.717) is 0 Å². The van der Waals surface area contributed by atoms with E-state index in [-0.39, 0.29) is 0 Å². The predicted molar refractivity (Wildman–Crippen MR) is 87.5 cm³/mol. The van der Waals surface area contributed by atoms with Crippen LogP contribution in [-0.4, -0.2) is 6.54 Å². The van der Waals surface area contributed by atoms with Crippen molar-refractivity contribution in [3.8, 4) is 0 Å². The lowest BCUT2D eigenvalue weighted by Gasteiger charge is -2.21. The van der Waals surface area contributed by atoms with Gasteiger partial charge in [-0.25, -0.2) is 0 Å². The number of anilines is 2. The molecule has 0 unspecified atom stereocenters. The van der Waals surface area contributed by atoms with Crippen LogP contribution >= 0.6 is 11.8 Å². The van der Waals surface area contributed by atoms with E-state index in [9.17, 15) is 0 Å². The van der Waals surface area contributed by atoms with Crippen molar-refractivity contribution in [2.75, 3.05) is 6.54 Å². The summed E-state index contributed by atoms with van der Waals surface area (Å²) < 4.78 is 0. The molecule has 0 N–H and O–H groups in total. The van der Waals surface area contributed by atoms with Crippen molar-refractivity contribution in [1.82, 2.24) is 4.90 Å². The minimum Gasteiger partial charge on any atom is -0.0952 e. The Bertz CT molecular complexity index is 534. The van der Waals surface area contributed by atoms with Gasteiger partial charge >= 0.3 is 0 Å². The van der Waals surface area contributed by atoms with Crippen LogP contribution in [0.3, 0.4) is 0 Å². The van der Waals surface area contributed by atoms with Crippen LogP contribution in [0.2, 0.25) is 0 Å². The summed E-state index contributed by atoms with van der Waals surface area (Å²) in [7, 11) is 0. The molecule has 1 nitrogen and oxygen atoms in total. The van der Waals surface area contributed by atoms with E-state index >= 15 is 0 Å². The van der Waals surface area contributed by atoms with E-state index in [1.165, 1.54) is 46.8 Å². The summed E-state index contributed by atoms with van der Waals surface area (Å²) in [4.78, 5) is 5.25. The minimum absolute atomic E-state index is 1.12. The molecule has 2 heteroatoms. The van der Waals surface area contributed by atoms with Gasteiger partial charge < -0.3 is 0 Å². The van der Waals surface area contributed by atoms with Gasteiger partial charge in [-0.15, -0.1) is 0 Å². The van der Waals surface area contributed by atoms with E-state index in [1.54, 1.807) is 0 Å². The van der Waals surface area contributed by atoms with E-state index in [4.69, 9.17) is 0 Å². The maximum absolute atomic E-state index is 2.50. The first kappa shape index (κ1) is 13.7. The molecule has 0 aliphatic carbocycles. The fourth-order valence-electron chi connectivity index (χ4n) is 2.72. The number of para-hydroxylation sites is 2. The number of hydrogen-bond donors (Lipinski definition) is 0. The van der Waals surface area contributed by atoms with Crippen LogP contribution in [0.25, 0.3) is 0 Å². The molecular formula is C18H21NS+. The van der Waals surface area contributed by atoms with Crippen LogP contribution in [0, 0.1) is 0 Å². The summed E-state index contributed by atoms with van der Waals surface area (Å²) in [5, 5.41) is 0. The van der Waals surface area contributed by atoms with Gasteiger partial charge in [0, 0.05) is 18.6 Å². The Morgan fingerprint density at radius 3 is 2.00 bits per heavy atom. The smallest absolute Gasteiger partial charge is 0.0952 e. The molecule has 2 aromatic rings. The average Bonchev–Trinajstić information content (AvgIpc) is 2.50. The molecule has 1 radical (unpaired) electrons. The van der Waals surface area contributed by atoms with Crippen molar-refractivity contribution >= 4 is 23.1 Å². The molecule has 2 aromatic carbocycles. The fraction of sp³-hybridized carbons (Fsp3) is 0.333. The molecule has 0 saturated heterocycles. The van der Waals surface area contributed by atoms with Crippen LogP contribution in [0.4, 0.5) is 11.4 Å². The van der Waals surface area contributed by atoms with Gasteiger partial charge in [0.25, 0.3) is 0 Å². The number of rotatable bonds is 5. The zero-order chi connectivity index (χ0) is 13.8. The molecule has 20 heavy (non-hydrogen) atoms. The lowest BCUT2D eigenvalue weighted by molar-refractivity contribution is 0.579. The fourth-order valence-corrected chi connectivity index (χ4v) is 3.81. The number of unbranched alkanes of at least 4 members (excludes halogenated alkanes) is 3. The molecule has 1 aliphatic rings. The first-order valence-corrected chi connectivity index (χ1v) is 8.35. The third kappa shape index (κ3) is 2.77. The molecule has 0 fully saturated rings. The van der Waals surface area contributed by atoms with Crippen molar-refractivity contribution in [3.63, 3.8) is 0 Å². The van der Waals surface area contributed by atoms with E-state index in [2.05, 4.69) is 60.4 Å². The molecule has 0 bridgehead atoms. The van der Waals surface area contributed by atoms with Crippen LogP contribution < -0.4 is 4.90 Å². The van der Waals surface area contributed by atoms with Crippen molar-refractivity contribution in [2.24, 2.45) is 0 Å². The Hall–Kier alpha value is -1.25. The average molecular weight is 283 g/mol. The second-order valence-electron chi connectivity index (χ2n) is 5.25. The lowest BCUT2D eigenvalue weighted by atomic mass is 10.1. The lowest BCUT2D eigenvalue weighted by Crippen LogP contribution is -2.23. The van der Waals surface area contributed by atoms with Crippen LogP contribution in [-0.2, 0) is 0 Å². The zero-order valence-corrected chi connectivity index (χ0v) is 12.8. The Morgan fingerprint density at radius 1 is 0.800 bits per heavy atom. The molecule has 1 aliphatic heterocycles. The van der Waals surface area contributed by atoms with Gasteiger partial charge in [-0.2, -0.15) is 0 Å². The van der Waals surface area contributed by atoms with Gasteiger partial charge in [0.15, 0.2) is 0 Å². The third-order valence-electron chi connectivity index (χ3n) is 3.77. The van der Waals surface area contributed by atoms with Crippen molar-refractivity contribution in [1.29, 1.82) is 0 Å². The Balaban J connectivity index is 1.87. The number of hydrogen-bond acceptors (Lipinski definition) is 2. The second kappa shape index (κ2) is 6.47. The monoisotopic (exact) mass is 283 g/mol. The largest absolute Gasteiger partial charge is 0.200 e. The van der Waals surface area contributed by atoms with Crippen LogP contribution in [0.1, 0.15) is 32.6 Å². The van der Waals surface area contributed by atoms with Crippen molar-refractivity contribution in [2.45, 2.75) is 42.4 Å². The molecule has 0 spiro atoms. The number of nitrogens with zero attached hydrogens (tertiary/aromatic N) is 1. The summed E-state index contributed by atoms with van der Waals surface area (Å²) in [6, 6.07) is 17.5. The highest BCUT2D eigenvalue weighted by Crippen LogP contribution is 2.47. The molecule has 103 valence electrons. The summed E-state index contributed by atoms with van der Waals surface area (Å²) >= 11 is 1.89. The van der Waals surface area contributed by atoms with Crippen LogP contribution in [0.5, 0.6) is 0 Å². The van der Waals surface area contributed by atoms with Gasteiger partial charge in [0.2, 0.25) is 11.4 Å². The Morgan fingerprint density at radius 2 is 1.40 bits per heavy atom. The topological polar surface area (TPSA) is 5.90 Å². The normalized spacial score (nSPS) is 13.8. The van der Waals surface area contributed by atoms with Crippen molar-refractivity contribution in [3.05, 3.63) is 48.5 Å². The SMILES string of the molecule is CCCCCC[N+]1c2ccccc2Sc2ccccc21. The highest BCUT2D eigenvalue weighted by atomic mass is 32.2. The zero-order valence-electron chi connectivity index (χ0n) is 12.0. The highest BCUT2D eigenvalue weighted by Gasteiger charge is 2.32. The number of benzene rings is 2. The Kier molecular flexibility index (Phi) is 4.44. The van der Waals surface area contributed by atoms with Gasteiger partial charge in [-0.3, -0.25) is 0 Å². The quantitative estimate of drug-likeness (QED) is 0.493. The summed E-state index contributed by atoms with van der Waals surface area (Å²) in [6.07, 6.45) is 5.22. The van der Waals surface area contributed by atoms with E-state index < -0.39 is 0 Å². The van der Waals surface area contributed by atoms with Crippen LogP contribution in [0.15, 0.2) is 58.3 Å². The molecule has 0 saturated carbocycles. The first-order chi connectivity index (χ1) is 9.90. The molecular weight excluding hydrogens is 262 g/mol. The first-order valence-electron chi connectivity index (χ1n) is 7.53. The highest BCUT2D eigenvalue weighted by molar-refractivity contribution is 7.99. The summed E-state index contributed by atoms with van der Waals surface area (Å²) in [6.45, 7) is 3.39. The molecule has 0 aromatic heterocycles. The standard InChI is InChI=1S/C18H21NS/c1-2-3-4-9-14-19-15-10-5-7-12-17(15)20-18-13-8-6-11-16(18)19/h5-8,10-13H,2-4,9,14H2,1H3/q+1. The van der Waals surface area contributed by atoms with Gasteiger partial charge in [-0.05, 0) is 18.6 Å². The third-order valence-corrected chi connectivity index (χ3v) is 4.90.